The Bertz CT molecular complexity index is 579. The molecule has 5 nitrogen and oxygen atoms in total. The van der Waals surface area contributed by atoms with Crippen LogP contribution < -0.4 is 0 Å². The monoisotopic (exact) mass is 502 g/mol. The van der Waals surface area contributed by atoms with Gasteiger partial charge in [0.05, 0.1) is 21.1 Å². The van der Waals surface area contributed by atoms with Crippen LogP contribution in [0.25, 0.3) is 0 Å². The molecule has 0 bridgehead atoms. The number of nitrogens with zero attached hydrogens (tertiary/aromatic N) is 1. The van der Waals surface area contributed by atoms with E-state index in [0.29, 0.717) is 10.9 Å². The van der Waals surface area contributed by atoms with Gasteiger partial charge in [0.15, 0.2) is 0 Å². The van der Waals surface area contributed by atoms with Gasteiger partial charge in [-0.25, -0.2) is 0 Å². The molecule has 0 aliphatic heterocycles. The van der Waals surface area contributed by atoms with Crippen LogP contribution in [0.2, 0.25) is 0 Å². The fraction of sp³-hybridized carbons (Fsp3) is 0.857. The lowest BCUT2D eigenvalue weighted by molar-refractivity contribution is -0.875. The summed E-state index contributed by atoms with van der Waals surface area (Å²) in [6, 6.07) is 0. The second-order valence-electron chi connectivity index (χ2n) is 11.1. The highest BCUT2D eigenvalue weighted by atomic mass is 31.2. The summed E-state index contributed by atoms with van der Waals surface area (Å²) in [6.07, 6.45) is 29.9. The van der Waals surface area contributed by atoms with E-state index < -0.39 is 12.9 Å². The van der Waals surface area contributed by atoms with E-state index in [0.717, 1.165) is 25.7 Å². The van der Waals surface area contributed by atoms with Gasteiger partial charge >= 0.3 is 7.60 Å². The summed E-state index contributed by atoms with van der Waals surface area (Å²) in [5, 5.41) is 8.62. The maximum Gasteiger partial charge on any atom is 0.362 e. The van der Waals surface area contributed by atoms with Crippen LogP contribution in [0, 0.1) is 0 Å². The van der Waals surface area contributed by atoms with Crippen LogP contribution in [0.4, 0.5) is 0 Å². The van der Waals surface area contributed by atoms with Crippen molar-refractivity contribution in [2.45, 2.75) is 128 Å². The molecule has 0 fully saturated rings. The molecule has 0 saturated carbocycles. The molecule has 6 heteroatoms. The van der Waals surface area contributed by atoms with Gasteiger partial charge in [-0.05, 0) is 57.8 Å². The number of rotatable bonds is 23. The number of allylic oxidation sites excluding steroid dienone is 4. The van der Waals surface area contributed by atoms with E-state index in [1.807, 2.05) is 21.1 Å². The lowest BCUT2D eigenvalue weighted by Crippen LogP contribution is -2.49. The fourth-order valence-corrected chi connectivity index (χ4v) is 5.36. The van der Waals surface area contributed by atoms with Crippen LogP contribution in [0.1, 0.15) is 122 Å². The molecule has 0 spiro atoms. The summed E-state index contributed by atoms with van der Waals surface area (Å²) in [5.41, 5.74) is 0. The van der Waals surface area contributed by atoms with Crippen molar-refractivity contribution in [2.75, 3.05) is 27.7 Å². The summed E-state index contributed by atoms with van der Waals surface area (Å²) < 4.78 is 12.1. The lowest BCUT2D eigenvalue weighted by atomic mass is 10.1. The molecule has 0 saturated heterocycles. The van der Waals surface area contributed by atoms with E-state index in [-0.39, 0.29) is 13.0 Å². The molecule has 0 rings (SSSR count). The van der Waals surface area contributed by atoms with Gasteiger partial charge in [0, 0.05) is 0 Å². The van der Waals surface area contributed by atoms with E-state index in [1.165, 1.54) is 77.0 Å². The first-order valence-corrected chi connectivity index (χ1v) is 15.5. The first-order valence-electron chi connectivity index (χ1n) is 13.9. The summed E-state index contributed by atoms with van der Waals surface area (Å²) in [5.74, 6) is 0. The smallest absolute Gasteiger partial charge is 0.362 e. The van der Waals surface area contributed by atoms with E-state index in [2.05, 4.69) is 31.2 Å². The Balaban J connectivity index is 3.60. The highest BCUT2D eigenvalue weighted by molar-refractivity contribution is 7.53. The third kappa shape index (κ3) is 19.8. The molecule has 202 valence electrons. The molecule has 0 aliphatic rings. The van der Waals surface area contributed by atoms with Crippen LogP contribution in [-0.2, 0) is 4.57 Å². The number of quaternary nitrogens is 1. The zero-order valence-corrected chi connectivity index (χ0v) is 23.8. The zero-order valence-electron chi connectivity index (χ0n) is 22.9. The number of unbranched alkanes of at least 4 members (excludes halogenated alkanes) is 14. The van der Waals surface area contributed by atoms with Gasteiger partial charge in [0.2, 0.25) is 5.34 Å². The molecule has 0 heterocycles. The summed E-state index contributed by atoms with van der Waals surface area (Å²) in [7, 11) is 0.948. The van der Waals surface area contributed by atoms with Crippen molar-refractivity contribution in [3.05, 3.63) is 24.3 Å². The highest BCUT2D eigenvalue weighted by Crippen LogP contribution is 2.52. The Labute approximate surface area is 211 Å². The molecule has 0 aromatic heterocycles. The lowest BCUT2D eigenvalue weighted by Gasteiger charge is -2.35. The maximum absolute atomic E-state index is 11.8. The molecular formula is C28H57NO4P+. The minimum Gasteiger partial charge on any atom is -0.373 e. The van der Waals surface area contributed by atoms with Crippen molar-refractivity contribution in [2.24, 2.45) is 0 Å². The Morgan fingerprint density at radius 2 is 1.00 bits per heavy atom. The predicted molar refractivity (Wildman–Crippen MR) is 147 cm³/mol. The third-order valence-corrected chi connectivity index (χ3v) is 7.72. The average molecular weight is 503 g/mol. The Hall–Kier alpha value is -0.450. The molecule has 0 radical (unpaired) electrons. The standard InChI is InChI=1S/C28H56NO4P/c1-5-6-7-8-9-10-11-12-13-14-15-16-17-18-19-20-21-22-23-24-25-26-28(30,34(31,32)33)27-29(2,3)4/h8-9,20-21,30H,5-7,10-19,22-27H2,1-4H3,(H-,31,32,33)/p+1/b9-8-,21-20-. The van der Waals surface area contributed by atoms with Gasteiger partial charge in [-0.3, -0.25) is 4.57 Å². The number of hydrogen-bond acceptors (Lipinski definition) is 2. The Morgan fingerprint density at radius 1 is 0.647 bits per heavy atom. The van der Waals surface area contributed by atoms with Crippen molar-refractivity contribution < 1.29 is 23.9 Å². The summed E-state index contributed by atoms with van der Waals surface area (Å²) in [6.45, 7) is 2.29. The van der Waals surface area contributed by atoms with Crippen LogP contribution >= 0.6 is 7.60 Å². The van der Waals surface area contributed by atoms with E-state index in [1.54, 1.807) is 0 Å². The quantitative estimate of drug-likeness (QED) is 0.0578. The van der Waals surface area contributed by atoms with Gasteiger partial charge in [0.25, 0.3) is 0 Å². The van der Waals surface area contributed by atoms with Gasteiger partial charge in [-0.1, -0.05) is 89.0 Å². The number of aliphatic hydroxyl groups is 1. The average Bonchev–Trinajstić information content (AvgIpc) is 2.73. The fourth-order valence-electron chi connectivity index (χ4n) is 4.30. The van der Waals surface area contributed by atoms with Crippen LogP contribution in [-0.4, -0.2) is 52.4 Å². The van der Waals surface area contributed by atoms with Gasteiger partial charge in [0.1, 0.15) is 6.54 Å². The Morgan fingerprint density at radius 3 is 1.35 bits per heavy atom. The summed E-state index contributed by atoms with van der Waals surface area (Å²) in [4.78, 5) is 19.2. The second-order valence-corrected chi connectivity index (χ2v) is 13.0. The van der Waals surface area contributed by atoms with Crippen LogP contribution in [0.15, 0.2) is 24.3 Å². The molecule has 1 unspecified atom stereocenters. The van der Waals surface area contributed by atoms with Crippen molar-refractivity contribution in [1.29, 1.82) is 0 Å². The minimum atomic E-state index is -4.56. The predicted octanol–water partition coefficient (Wildman–Crippen LogP) is 7.71. The highest BCUT2D eigenvalue weighted by Gasteiger charge is 2.48. The van der Waals surface area contributed by atoms with E-state index >= 15 is 0 Å². The largest absolute Gasteiger partial charge is 0.373 e. The number of hydrogen-bond donors (Lipinski definition) is 3. The first kappa shape index (κ1) is 33.5. The van der Waals surface area contributed by atoms with Gasteiger partial charge < -0.3 is 19.4 Å². The molecular weight excluding hydrogens is 445 g/mol. The van der Waals surface area contributed by atoms with Crippen molar-refractivity contribution in [3.63, 3.8) is 0 Å². The van der Waals surface area contributed by atoms with Crippen molar-refractivity contribution in [1.82, 2.24) is 0 Å². The van der Waals surface area contributed by atoms with Crippen LogP contribution in [0.5, 0.6) is 0 Å². The molecule has 3 N–H and O–H groups in total. The van der Waals surface area contributed by atoms with E-state index in [4.69, 9.17) is 0 Å². The zero-order chi connectivity index (χ0) is 25.8. The molecule has 0 amide bonds. The molecule has 0 aromatic carbocycles. The van der Waals surface area contributed by atoms with Crippen molar-refractivity contribution in [3.8, 4) is 0 Å². The normalized spacial score (nSPS) is 14.9. The van der Waals surface area contributed by atoms with Crippen molar-refractivity contribution >= 4 is 7.60 Å². The van der Waals surface area contributed by atoms with E-state index in [9.17, 15) is 19.5 Å². The third-order valence-electron chi connectivity index (χ3n) is 6.27. The number of likely N-dealkylation sites (N-methyl/N-ethyl adjacent to an activating group) is 1. The van der Waals surface area contributed by atoms with Gasteiger partial charge in [-0.2, -0.15) is 0 Å². The SMILES string of the molecule is CCCC/C=C\CCCCCCCCCC/C=C\CCCCCC(O)(C[N+](C)(C)C)P(=O)(O)O. The first-order chi connectivity index (χ1) is 16.0. The molecule has 0 aromatic rings. The molecule has 34 heavy (non-hydrogen) atoms. The van der Waals surface area contributed by atoms with Crippen LogP contribution in [0.3, 0.4) is 0 Å². The Kier molecular flexibility index (Phi) is 19.4. The second kappa shape index (κ2) is 19.7. The molecule has 1 atom stereocenters. The maximum atomic E-state index is 11.8. The minimum absolute atomic E-state index is 0.0496. The topological polar surface area (TPSA) is 77.8 Å². The van der Waals surface area contributed by atoms with Gasteiger partial charge in [-0.15, -0.1) is 0 Å². The summed E-state index contributed by atoms with van der Waals surface area (Å²) >= 11 is 0. The molecule has 0 aliphatic carbocycles.